The molecule has 8 nitrogen and oxygen atoms in total. The van der Waals surface area contributed by atoms with Crippen molar-refractivity contribution in [3.63, 3.8) is 0 Å². The highest BCUT2D eigenvalue weighted by atomic mass is 19.4. The smallest absolute Gasteiger partial charge is 0.419 e. The standard InChI is InChI=1S/C26H24F4N2O6/c1-14(31-25(35)16-5-8-20(38-11-10-33)22(13-16)37-3)24(34)19-7-9-21(36-2)23(32-19)15-4-6-18(27)17(12-15)26(28,29)30/h4-9,12-14,33H,10-11H2,1-3H3,(H,31,35)/t14-/m1/s1. The fourth-order valence-electron chi connectivity index (χ4n) is 3.50. The molecule has 3 rings (SSSR count). The molecular formula is C26H24F4N2O6. The molecule has 0 unspecified atom stereocenters. The first-order chi connectivity index (χ1) is 18.0. The Labute approximate surface area is 215 Å². The van der Waals surface area contributed by atoms with E-state index in [-0.39, 0.29) is 47.2 Å². The van der Waals surface area contributed by atoms with E-state index in [4.69, 9.17) is 19.3 Å². The van der Waals surface area contributed by atoms with Gasteiger partial charge in [0.05, 0.1) is 32.4 Å². The number of nitrogens with zero attached hydrogens (tertiary/aromatic N) is 1. The summed E-state index contributed by atoms with van der Waals surface area (Å²) < 4.78 is 69.1. The van der Waals surface area contributed by atoms with Crippen LogP contribution in [0.2, 0.25) is 0 Å². The highest BCUT2D eigenvalue weighted by Crippen LogP contribution is 2.36. The van der Waals surface area contributed by atoms with Gasteiger partial charge in [0.2, 0.25) is 5.78 Å². The largest absolute Gasteiger partial charge is 0.494 e. The molecule has 0 radical (unpaired) electrons. The van der Waals surface area contributed by atoms with Crippen molar-refractivity contribution in [3.05, 3.63) is 71.2 Å². The maximum atomic E-state index is 13.8. The van der Waals surface area contributed by atoms with Crippen LogP contribution in [0, 0.1) is 5.82 Å². The van der Waals surface area contributed by atoms with Crippen LogP contribution in [0.1, 0.15) is 33.3 Å². The van der Waals surface area contributed by atoms with E-state index in [9.17, 15) is 27.2 Å². The van der Waals surface area contributed by atoms with Crippen molar-refractivity contribution in [3.8, 4) is 28.5 Å². The van der Waals surface area contributed by atoms with Gasteiger partial charge in [0.15, 0.2) is 11.5 Å². The van der Waals surface area contributed by atoms with Gasteiger partial charge in [-0.15, -0.1) is 0 Å². The highest BCUT2D eigenvalue weighted by Gasteiger charge is 2.34. The number of pyridine rings is 1. The van der Waals surface area contributed by atoms with E-state index in [2.05, 4.69) is 10.3 Å². The lowest BCUT2D eigenvalue weighted by Crippen LogP contribution is -2.38. The van der Waals surface area contributed by atoms with E-state index in [1.54, 1.807) is 0 Å². The summed E-state index contributed by atoms with van der Waals surface area (Å²) in [5, 5.41) is 11.4. The Morgan fingerprint density at radius 1 is 1.00 bits per heavy atom. The SMILES string of the molecule is COc1cc(C(=O)N[C@H](C)C(=O)c2ccc(OC)c(-c3ccc(F)c(C(F)(F)F)c3)n2)ccc1OCCO. The lowest BCUT2D eigenvalue weighted by Gasteiger charge is -2.16. The molecule has 3 aromatic rings. The number of aliphatic hydroxyl groups excluding tert-OH is 1. The Morgan fingerprint density at radius 3 is 2.32 bits per heavy atom. The molecule has 0 aliphatic rings. The maximum absolute atomic E-state index is 13.8. The van der Waals surface area contributed by atoms with Gasteiger partial charge in [-0.3, -0.25) is 9.59 Å². The van der Waals surface area contributed by atoms with E-state index in [1.165, 1.54) is 51.5 Å². The summed E-state index contributed by atoms with van der Waals surface area (Å²) >= 11 is 0. The van der Waals surface area contributed by atoms with Crippen LogP contribution in [0.15, 0.2) is 48.5 Å². The molecule has 0 bridgehead atoms. The van der Waals surface area contributed by atoms with Crippen molar-refractivity contribution in [2.45, 2.75) is 19.1 Å². The van der Waals surface area contributed by atoms with Gasteiger partial charge in [-0.25, -0.2) is 9.37 Å². The van der Waals surface area contributed by atoms with Gasteiger partial charge in [-0.1, -0.05) is 0 Å². The molecule has 2 aromatic carbocycles. The monoisotopic (exact) mass is 536 g/mol. The molecule has 202 valence electrons. The highest BCUT2D eigenvalue weighted by molar-refractivity contribution is 6.03. The average Bonchev–Trinajstić information content (AvgIpc) is 2.90. The number of ether oxygens (including phenoxy) is 3. The first kappa shape index (κ1) is 28.4. The lowest BCUT2D eigenvalue weighted by molar-refractivity contribution is -0.139. The van der Waals surface area contributed by atoms with E-state index < -0.39 is 35.3 Å². The summed E-state index contributed by atoms with van der Waals surface area (Å²) in [5.41, 5.74) is -1.70. The number of carbonyl (C=O) groups is 2. The third kappa shape index (κ3) is 6.38. The molecule has 1 amide bonds. The zero-order valence-corrected chi connectivity index (χ0v) is 20.6. The number of amides is 1. The zero-order chi connectivity index (χ0) is 28.0. The molecule has 0 saturated carbocycles. The number of aromatic nitrogens is 1. The van der Waals surface area contributed by atoms with Crippen molar-refractivity contribution >= 4 is 11.7 Å². The number of methoxy groups -OCH3 is 2. The predicted octanol–water partition coefficient (Wildman–Crippen LogP) is 4.30. The summed E-state index contributed by atoms with van der Waals surface area (Å²) in [6.07, 6.45) is -4.94. The number of rotatable bonds is 10. The van der Waals surface area contributed by atoms with Crippen LogP contribution in [-0.4, -0.2) is 55.3 Å². The number of alkyl halides is 3. The van der Waals surface area contributed by atoms with Crippen LogP contribution >= 0.6 is 0 Å². The Kier molecular flexibility index (Phi) is 8.89. The second kappa shape index (κ2) is 11.9. The number of nitrogens with one attached hydrogen (secondary N) is 1. The van der Waals surface area contributed by atoms with Crippen molar-refractivity contribution in [2.75, 3.05) is 27.4 Å². The zero-order valence-electron chi connectivity index (χ0n) is 20.6. The number of Topliss-reactive ketones (excluding diaryl/α,β-unsaturated/α-hetero) is 1. The minimum Gasteiger partial charge on any atom is -0.494 e. The molecule has 1 aromatic heterocycles. The predicted molar refractivity (Wildman–Crippen MR) is 128 cm³/mol. The molecule has 2 N–H and O–H groups in total. The van der Waals surface area contributed by atoms with Crippen molar-refractivity contribution in [1.82, 2.24) is 10.3 Å². The summed E-state index contributed by atoms with van der Waals surface area (Å²) in [7, 11) is 2.65. The molecule has 38 heavy (non-hydrogen) atoms. The van der Waals surface area contributed by atoms with Crippen molar-refractivity contribution in [1.29, 1.82) is 0 Å². The molecule has 1 atom stereocenters. The van der Waals surface area contributed by atoms with Gasteiger partial charge in [0.1, 0.15) is 29.6 Å². The Bertz CT molecular complexity index is 1330. The summed E-state index contributed by atoms with van der Waals surface area (Å²) in [6, 6.07) is 8.22. The average molecular weight is 536 g/mol. The fourth-order valence-corrected chi connectivity index (χ4v) is 3.50. The molecule has 1 heterocycles. The third-order valence-electron chi connectivity index (χ3n) is 5.39. The molecule has 0 aliphatic heterocycles. The number of benzene rings is 2. The summed E-state index contributed by atoms with van der Waals surface area (Å²) in [4.78, 5) is 30.0. The van der Waals surface area contributed by atoms with Crippen LogP contribution < -0.4 is 19.5 Å². The van der Waals surface area contributed by atoms with Gasteiger partial charge < -0.3 is 24.6 Å². The topological polar surface area (TPSA) is 107 Å². The van der Waals surface area contributed by atoms with Crippen molar-refractivity contribution in [2.24, 2.45) is 0 Å². The molecule has 0 aliphatic carbocycles. The Hall–Kier alpha value is -4.19. The van der Waals surface area contributed by atoms with Crippen LogP contribution in [0.25, 0.3) is 11.3 Å². The fraction of sp³-hybridized carbons (Fsp3) is 0.269. The Balaban J connectivity index is 1.85. The van der Waals surface area contributed by atoms with Gasteiger partial charge in [-0.2, -0.15) is 13.2 Å². The normalized spacial score (nSPS) is 12.0. The minimum atomic E-state index is -4.94. The first-order valence-electron chi connectivity index (χ1n) is 11.2. The second-order valence-corrected chi connectivity index (χ2v) is 7.94. The lowest BCUT2D eigenvalue weighted by atomic mass is 10.0. The van der Waals surface area contributed by atoms with Crippen LogP contribution in [0.3, 0.4) is 0 Å². The molecule has 0 saturated heterocycles. The number of aliphatic hydroxyl groups is 1. The number of halogens is 4. The van der Waals surface area contributed by atoms with Crippen LogP contribution in [-0.2, 0) is 6.18 Å². The maximum Gasteiger partial charge on any atom is 0.419 e. The van der Waals surface area contributed by atoms with E-state index in [0.29, 0.717) is 17.9 Å². The Morgan fingerprint density at radius 2 is 1.68 bits per heavy atom. The molecular weight excluding hydrogens is 512 g/mol. The van der Waals surface area contributed by atoms with Crippen molar-refractivity contribution < 1.29 is 46.5 Å². The van der Waals surface area contributed by atoms with E-state index in [0.717, 1.165) is 6.07 Å². The quantitative estimate of drug-likeness (QED) is 0.294. The van der Waals surface area contributed by atoms with Gasteiger partial charge in [0.25, 0.3) is 5.91 Å². The third-order valence-corrected chi connectivity index (χ3v) is 5.39. The van der Waals surface area contributed by atoms with Gasteiger partial charge in [-0.05, 0) is 55.5 Å². The minimum absolute atomic E-state index is 0.0275. The van der Waals surface area contributed by atoms with Crippen LogP contribution in [0.4, 0.5) is 17.6 Å². The molecule has 0 spiro atoms. The van der Waals surface area contributed by atoms with E-state index in [1.807, 2.05) is 0 Å². The first-order valence-corrected chi connectivity index (χ1v) is 11.2. The number of hydrogen-bond donors (Lipinski definition) is 2. The number of hydrogen-bond acceptors (Lipinski definition) is 7. The van der Waals surface area contributed by atoms with Crippen LogP contribution in [0.5, 0.6) is 17.2 Å². The van der Waals surface area contributed by atoms with E-state index >= 15 is 0 Å². The summed E-state index contributed by atoms with van der Waals surface area (Å²) in [6.45, 7) is 1.23. The molecule has 0 fully saturated rings. The number of ketones is 1. The number of carbonyl (C=O) groups excluding carboxylic acids is 2. The van der Waals surface area contributed by atoms with Gasteiger partial charge in [0, 0.05) is 11.1 Å². The molecule has 12 heteroatoms. The summed E-state index contributed by atoms with van der Waals surface area (Å²) in [5.74, 6) is -2.08. The second-order valence-electron chi connectivity index (χ2n) is 7.94. The van der Waals surface area contributed by atoms with Gasteiger partial charge >= 0.3 is 6.18 Å².